The van der Waals surface area contributed by atoms with Crippen LogP contribution in [-0.2, 0) is 6.42 Å². The number of nitrogens with zero attached hydrogens (tertiary/aromatic N) is 2. The third kappa shape index (κ3) is 1.47. The van der Waals surface area contributed by atoms with E-state index in [4.69, 9.17) is 16.3 Å². The van der Waals surface area contributed by atoms with Gasteiger partial charge in [0.15, 0.2) is 11.9 Å². The zero-order valence-corrected chi connectivity index (χ0v) is 8.53. The molecule has 0 aliphatic carbocycles. The van der Waals surface area contributed by atoms with E-state index in [9.17, 15) is 0 Å². The number of nitrogens with one attached hydrogen (secondary N) is 1. The van der Waals surface area contributed by atoms with Crippen molar-refractivity contribution in [3.8, 4) is 5.75 Å². The predicted octanol–water partition coefficient (Wildman–Crippen LogP) is 2.13. The molecule has 5 heteroatoms. The molecule has 15 heavy (non-hydrogen) atoms. The van der Waals surface area contributed by atoms with Crippen LogP contribution in [0.5, 0.6) is 5.75 Å². The molecule has 0 fully saturated rings. The number of halogens is 1. The first-order chi connectivity index (χ1) is 7.33. The number of H-pyrrole nitrogens is 1. The second-order valence-corrected chi connectivity index (χ2v) is 3.75. The van der Waals surface area contributed by atoms with Gasteiger partial charge >= 0.3 is 0 Å². The van der Waals surface area contributed by atoms with E-state index >= 15 is 0 Å². The van der Waals surface area contributed by atoms with Gasteiger partial charge in [-0.3, -0.25) is 5.10 Å². The molecule has 1 unspecified atom stereocenters. The van der Waals surface area contributed by atoms with E-state index < -0.39 is 0 Å². The maximum absolute atomic E-state index is 5.71. The Kier molecular flexibility index (Phi) is 1.89. The Bertz CT molecular complexity index is 472. The van der Waals surface area contributed by atoms with Crippen molar-refractivity contribution in [2.75, 3.05) is 0 Å². The first-order valence-corrected chi connectivity index (χ1v) is 5.03. The average molecular weight is 222 g/mol. The van der Waals surface area contributed by atoms with Crippen LogP contribution in [0.15, 0.2) is 24.3 Å². The molecule has 3 rings (SSSR count). The van der Waals surface area contributed by atoms with Crippen molar-refractivity contribution < 1.29 is 4.74 Å². The van der Waals surface area contributed by atoms with Gasteiger partial charge in [0, 0.05) is 6.42 Å². The van der Waals surface area contributed by atoms with Crippen LogP contribution in [0, 0.1) is 0 Å². The standard InChI is InChI=1S/C10H8ClN3O/c11-10-12-9(13-14-10)8-5-6-3-1-2-4-7(6)15-8/h1-4,8H,5H2,(H,12,13,14). The summed E-state index contributed by atoms with van der Waals surface area (Å²) in [5.74, 6) is 1.59. The SMILES string of the molecule is Clc1n[nH]c(C2Cc3ccccc3O2)n1. The molecule has 1 aromatic carbocycles. The fraction of sp³-hybridized carbons (Fsp3) is 0.200. The summed E-state index contributed by atoms with van der Waals surface area (Å²) in [5.41, 5.74) is 1.19. The fourth-order valence-electron chi connectivity index (χ4n) is 1.73. The summed E-state index contributed by atoms with van der Waals surface area (Å²) in [6.07, 6.45) is 0.712. The lowest BCUT2D eigenvalue weighted by atomic mass is 10.1. The van der Waals surface area contributed by atoms with Gasteiger partial charge in [0.05, 0.1) is 0 Å². The Morgan fingerprint density at radius 2 is 2.27 bits per heavy atom. The molecular weight excluding hydrogens is 214 g/mol. The van der Waals surface area contributed by atoms with Gasteiger partial charge in [-0.15, -0.1) is 5.10 Å². The van der Waals surface area contributed by atoms with Crippen molar-refractivity contribution in [2.45, 2.75) is 12.5 Å². The van der Waals surface area contributed by atoms with Crippen molar-refractivity contribution in [1.82, 2.24) is 15.2 Å². The fourth-order valence-corrected chi connectivity index (χ4v) is 1.86. The highest BCUT2D eigenvalue weighted by Crippen LogP contribution is 2.34. The minimum Gasteiger partial charge on any atom is -0.482 e. The number of fused-ring (bicyclic) bond motifs is 1. The zero-order chi connectivity index (χ0) is 10.3. The molecule has 2 heterocycles. The smallest absolute Gasteiger partial charge is 0.242 e. The Balaban J connectivity index is 1.90. The summed E-state index contributed by atoms with van der Waals surface area (Å²) in [5, 5.41) is 6.76. The van der Waals surface area contributed by atoms with E-state index in [1.54, 1.807) is 0 Å². The van der Waals surface area contributed by atoms with Crippen LogP contribution in [0.25, 0.3) is 0 Å². The van der Waals surface area contributed by atoms with Crippen molar-refractivity contribution in [2.24, 2.45) is 0 Å². The Hall–Kier alpha value is -1.55. The van der Waals surface area contributed by atoms with Gasteiger partial charge in [-0.05, 0) is 23.2 Å². The second kappa shape index (κ2) is 3.24. The number of aromatic nitrogens is 3. The summed E-state index contributed by atoms with van der Waals surface area (Å²) >= 11 is 5.64. The first kappa shape index (κ1) is 8.73. The number of rotatable bonds is 1. The van der Waals surface area contributed by atoms with Gasteiger partial charge in [0.2, 0.25) is 5.28 Å². The van der Waals surface area contributed by atoms with Gasteiger partial charge in [-0.2, -0.15) is 4.98 Å². The molecule has 0 bridgehead atoms. The highest BCUT2D eigenvalue weighted by Gasteiger charge is 2.26. The van der Waals surface area contributed by atoms with Gasteiger partial charge in [0.1, 0.15) is 5.75 Å². The quantitative estimate of drug-likeness (QED) is 0.803. The number of hydrogen-bond acceptors (Lipinski definition) is 3. The van der Waals surface area contributed by atoms with Crippen molar-refractivity contribution in [3.63, 3.8) is 0 Å². The highest BCUT2D eigenvalue weighted by molar-refractivity contribution is 6.28. The normalized spacial score (nSPS) is 18.6. The molecule has 1 aromatic heterocycles. The predicted molar refractivity (Wildman–Crippen MR) is 54.9 cm³/mol. The van der Waals surface area contributed by atoms with Crippen LogP contribution in [0.4, 0.5) is 0 Å². The van der Waals surface area contributed by atoms with Crippen molar-refractivity contribution >= 4 is 11.6 Å². The highest BCUT2D eigenvalue weighted by atomic mass is 35.5. The lowest BCUT2D eigenvalue weighted by molar-refractivity contribution is 0.228. The largest absolute Gasteiger partial charge is 0.482 e. The molecule has 1 aliphatic heterocycles. The molecule has 2 aromatic rings. The summed E-state index contributed by atoms with van der Waals surface area (Å²) in [4.78, 5) is 4.05. The maximum atomic E-state index is 5.71. The Labute approximate surface area is 91.2 Å². The second-order valence-electron chi connectivity index (χ2n) is 3.41. The summed E-state index contributed by atoms with van der Waals surface area (Å²) in [6.45, 7) is 0. The number of aromatic amines is 1. The molecule has 0 amide bonds. The van der Waals surface area contributed by atoms with E-state index in [1.807, 2.05) is 24.3 Å². The van der Waals surface area contributed by atoms with Crippen LogP contribution in [0.2, 0.25) is 5.28 Å². The lowest BCUT2D eigenvalue weighted by Gasteiger charge is -2.05. The maximum Gasteiger partial charge on any atom is 0.242 e. The number of para-hydroxylation sites is 1. The molecule has 0 saturated carbocycles. The molecule has 76 valence electrons. The van der Waals surface area contributed by atoms with E-state index in [0.717, 1.165) is 12.2 Å². The average Bonchev–Trinajstić information content (AvgIpc) is 2.82. The van der Waals surface area contributed by atoms with E-state index in [1.165, 1.54) is 5.56 Å². The zero-order valence-electron chi connectivity index (χ0n) is 7.77. The Morgan fingerprint density at radius 3 is 3.00 bits per heavy atom. The summed E-state index contributed by atoms with van der Waals surface area (Å²) in [7, 11) is 0. The van der Waals surface area contributed by atoms with E-state index in [2.05, 4.69) is 15.2 Å². The van der Waals surface area contributed by atoms with Gasteiger partial charge in [-0.1, -0.05) is 18.2 Å². The van der Waals surface area contributed by atoms with Gasteiger partial charge in [-0.25, -0.2) is 0 Å². The van der Waals surface area contributed by atoms with Crippen molar-refractivity contribution in [1.29, 1.82) is 0 Å². The molecule has 0 spiro atoms. The third-order valence-corrected chi connectivity index (χ3v) is 2.60. The van der Waals surface area contributed by atoms with Crippen LogP contribution in [-0.4, -0.2) is 15.2 Å². The van der Waals surface area contributed by atoms with Crippen LogP contribution in [0.3, 0.4) is 0 Å². The Morgan fingerprint density at radius 1 is 1.40 bits per heavy atom. The third-order valence-electron chi connectivity index (χ3n) is 2.43. The minimum atomic E-state index is -0.0950. The molecule has 4 nitrogen and oxygen atoms in total. The van der Waals surface area contributed by atoms with E-state index in [-0.39, 0.29) is 11.4 Å². The molecule has 1 aliphatic rings. The molecule has 1 N–H and O–H groups in total. The van der Waals surface area contributed by atoms with Crippen LogP contribution >= 0.6 is 11.6 Å². The van der Waals surface area contributed by atoms with Gasteiger partial charge in [0.25, 0.3) is 0 Å². The monoisotopic (exact) mass is 221 g/mol. The summed E-state index contributed by atoms with van der Waals surface area (Å²) in [6, 6.07) is 7.95. The number of benzene rings is 1. The van der Waals surface area contributed by atoms with Gasteiger partial charge < -0.3 is 4.74 Å². The summed E-state index contributed by atoms with van der Waals surface area (Å²) < 4.78 is 5.71. The minimum absolute atomic E-state index is 0.0950. The molecular formula is C10H8ClN3O. The van der Waals surface area contributed by atoms with Crippen molar-refractivity contribution in [3.05, 3.63) is 40.9 Å². The molecule has 0 saturated heterocycles. The topological polar surface area (TPSA) is 50.8 Å². The van der Waals surface area contributed by atoms with E-state index in [0.29, 0.717) is 5.82 Å². The molecule has 1 atom stereocenters. The van der Waals surface area contributed by atoms with Crippen LogP contribution in [0.1, 0.15) is 17.5 Å². The molecule has 0 radical (unpaired) electrons. The number of hydrogen-bond donors (Lipinski definition) is 1. The first-order valence-electron chi connectivity index (χ1n) is 4.65. The lowest BCUT2D eigenvalue weighted by Crippen LogP contribution is -2.05. The number of ether oxygens (including phenoxy) is 1. The van der Waals surface area contributed by atoms with Crippen LogP contribution < -0.4 is 4.74 Å².